The van der Waals surface area contributed by atoms with Gasteiger partial charge in [-0.25, -0.2) is 13.1 Å². The zero-order valence-electron chi connectivity index (χ0n) is 20.7. The molecule has 4 aromatic rings. The van der Waals surface area contributed by atoms with Gasteiger partial charge in [-0.15, -0.1) is 11.3 Å². The lowest BCUT2D eigenvalue weighted by atomic mass is 10.0. The van der Waals surface area contributed by atoms with E-state index in [0.717, 1.165) is 22.3 Å². The third-order valence-corrected chi connectivity index (χ3v) is 7.38. The van der Waals surface area contributed by atoms with Crippen molar-refractivity contribution in [2.24, 2.45) is 0 Å². The Hall–Kier alpha value is -3.99. The van der Waals surface area contributed by atoms with Gasteiger partial charge in [-0.2, -0.15) is 0 Å². The maximum Gasteiger partial charge on any atom is 0.255 e. The molecule has 38 heavy (non-hydrogen) atoms. The van der Waals surface area contributed by atoms with Crippen LogP contribution < -0.4 is 21.1 Å². The average molecular weight is 549 g/mol. The van der Waals surface area contributed by atoms with Gasteiger partial charge < -0.3 is 16.4 Å². The molecule has 0 unspecified atom stereocenters. The van der Waals surface area contributed by atoms with E-state index in [1.165, 1.54) is 0 Å². The minimum atomic E-state index is -3.64. The van der Waals surface area contributed by atoms with E-state index >= 15 is 0 Å². The summed E-state index contributed by atoms with van der Waals surface area (Å²) in [6.07, 6.45) is 1.13. The number of carbonyl (C=O) groups is 2. The number of nitrogens with one attached hydrogen (secondary N) is 3. The maximum atomic E-state index is 12.9. The quantitative estimate of drug-likeness (QED) is 0.222. The lowest BCUT2D eigenvalue weighted by Gasteiger charge is -2.18. The van der Waals surface area contributed by atoms with E-state index in [1.807, 2.05) is 60.0 Å². The van der Waals surface area contributed by atoms with Gasteiger partial charge in [-0.1, -0.05) is 54.6 Å². The summed E-state index contributed by atoms with van der Waals surface area (Å²) in [5.74, 6) is -0.778. The van der Waals surface area contributed by atoms with Crippen molar-refractivity contribution in [2.75, 3.05) is 17.3 Å². The molecule has 0 bridgehead atoms. The second-order valence-corrected chi connectivity index (χ2v) is 11.5. The van der Waals surface area contributed by atoms with Gasteiger partial charge in [-0.05, 0) is 58.8 Å². The van der Waals surface area contributed by atoms with Crippen molar-refractivity contribution in [1.29, 1.82) is 0 Å². The molecule has 0 saturated heterocycles. The topological polar surface area (TPSA) is 130 Å². The summed E-state index contributed by atoms with van der Waals surface area (Å²) < 4.78 is 26.2. The van der Waals surface area contributed by atoms with E-state index in [-0.39, 0.29) is 18.9 Å². The molecule has 0 spiro atoms. The zero-order chi connectivity index (χ0) is 27.1. The largest absolute Gasteiger partial charge is 0.397 e. The molecule has 0 saturated carbocycles. The molecule has 196 valence electrons. The molecule has 1 aromatic heterocycles. The van der Waals surface area contributed by atoms with Crippen LogP contribution in [0.3, 0.4) is 0 Å². The Morgan fingerprint density at radius 3 is 2.32 bits per heavy atom. The van der Waals surface area contributed by atoms with Gasteiger partial charge in [0.2, 0.25) is 15.9 Å². The number of anilines is 2. The average Bonchev–Trinajstić information content (AvgIpc) is 3.43. The first-order valence-corrected chi connectivity index (χ1v) is 14.6. The molecule has 5 N–H and O–H groups in total. The van der Waals surface area contributed by atoms with Gasteiger partial charge in [0.05, 0.1) is 17.6 Å². The Balaban J connectivity index is 1.43. The van der Waals surface area contributed by atoms with Crippen LogP contribution in [0.15, 0.2) is 90.3 Å². The van der Waals surface area contributed by atoms with Crippen molar-refractivity contribution in [3.05, 3.63) is 107 Å². The van der Waals surface area contributed by atoms with Crippen molar-refractivity contribution in [3.8, 4) is 10.4 Å². The molecule has 8 nitrogen and oxygen atoms in total. The SMILES string of the molecule is CS(=O)(=O)N[C@@H](Cc1ccc(C(=O)Nc2cc(-c3cccs3)ccc2N)cc1)C(=O)NCc1ccccc1. The van der Waals surface area contributed by atoms with E-state index in [9.17, 15) is 18.0 Å². The number of thiophene rings is 1. The first-order chi connectivity index (χ1) is 18.2. The van der Waals surface area contributed by atoms with Gasteiger partial charge >= 0.3 is 0 Å². The molecule has 0 aliphatic carbocycles. The van der Waals surface area contributed by atoms with Crippen LogP contribution in [0.4, 0.5) is 11.4 Å². The summed E-state index contributed by atoms with van der Waals surface area (Å²) in [7, 11) is -3.64. The van der Waals surface area contributed by atoms with Gasteiger partial charge in [-0.3, -0.25) is 9.59 Å². The molecule has 0 aliphatic rings. The molecule has 0 aliphatic heterocycles. The lowest BCUT2D eigenvalue weighted by Crippen LogP contribution is -2.47. The lowest BCUT2D eigenvalue weighted by molar-refractivity contribution is -0.122. The van der Waals surface area contributed by atoms with Crippen LogP contribution in [0.2, 0.25) is 0 Å². The van der Waals surface area contributed by atoms with Crippen molar-refractivity contribution < 1.29 is 18.0 Å². The maximum absolute atomic E-state index is 12.9. The van der Waals surface area contributed by atoms with Crippen LogP contribution in [0.5, 0.6) is 0 Å². The zero-order valence-corrected chi connectivity index (χ0v) is 22.3. The number of benzene rings is 3. The fraction of sp³-hybridized carbons (Fsp3) is 0.143. The minimum Gasteiger partial charge on any atom is -0.397 e. The second kappa shape index (κ2) is 12.0. The van der Waals surface area contributed by atoms with E-state index in [4.69, 9.17) is 5.73 Å². The van der Waals surface area contributed by atoms with Crippen LogP contribution in [-0.2, 0) is 27.8 Å². The Bertz CT molecular complexity index is 1500. The van der Waals surface area contributed by atoms with Crippen LogP contribution in [-0.4, -0.2) is 32.5 Å². The molecule has 0 fully saturated rings. The van der Waals surface area contributed by atoms with Crippen LogP contribution >= 0.6 is 11.3 Å². The summed E-state index contributed by atoms with van der Waals surface area (Å²) >= 11 is 1.59. The molecule has 2 amide bonds. The van der Waals surface area contributed by atoms with Crippen LogP contribution in [0.1, 0.15) is 21.5 Å². The third kappa shape index (κ3) is 7.51. The summed E-state index contributed by atoms with van der Waals surface area (Å²) in [5, 5.41) is 7.61. The van der Waals surface area contributed by atoms with Crippen LogP contribution in [0.25, 0.3) is 10.4 Å². The Morgan fingerprint density at radius 2 is 1.66 bits per heavy atom. The molecule has 1 heterocycles. The van der Waals surface area contributed by atoms with Crippen molar-refractivity contribution in [1.82, 2.24) is 10.0 Å². The Morgan fingerprint density at radius 1 is 0.921 bits per heavy atom. The fourth-order valence-corrected chi connectivity index (χ4v) is 5.27. The molecule has 3 aromatic carbocycles. The van der Waals surface area contributed by atoms with Gasteiger partial charge in [0.25, 0.3) is 5.91 Å². The molecular formula is C28H28N4O4S2. The van der Waals surface area contributed by atoms with Crippen molar-refractivity contribution in [2.45, 2.75) is 19.0 Å². The van der Waals surface area contributed by atoms with Crippen molar-refractivity contribution >= 4 is 44.5 Å². The molecule has 10 heteroatoms. The van der Waals surface area contributed by atoms with Gasteiger partial charge in [0, 0.05) is 17.0 Å². The summed E-state index contributed by atoms with van der Waals surface area (Å²) in [6, 6.07) is 24.4. The van der Waals surface area contributed by atoms with E-state index in [1.54, 1.807) is 41.7 Å². The van der Waals surface area contributed by atoms with E-state index in [2.05, 4.69) is 15.4 Å². The summed E-state index contributed by atoms with van der Waals surface area (Å²) in [4.78, 5) is 26.8. The summed E-state index contributed by atoms with van der Waals surface area (Å²) in [6.45, 7) is 0.275. The van der Waals surface area contributed by atoms with E-state index in [0.29, 0.717) is 22.5 Å². The van der Waals surface area contributed by atoms with Crippen LogP contribution in [0, 0.1) is 0 Å². The van der Waals surface area contributed by atoms with Gasteiger partial charge in [0.15, 0.2) is 0 Å². The standard InChI is InChI=1S/C28H28N4O4S2/c1-38(35,36)32-25(28(34)30-18-20-6-3-2-4-7-20)16-19-9-11-21(12-10-19)27(33)31-24-17-22(13-14-23(24)29)26-8-5-15-37-26/h2-15,17,25,32H,16,18,29H2,1H3,(H,30,34)(H,31,33)/t25-/m0/s1. The number of rotatable bonds is 10. The Labute approximate surface area is 226 Å². The number of amides is 2. The minimum absolute atomic E-state index is 0.116. The molecule has 4 rings (SSSR count). The number of sulfonamides is 1. The first kappa shape index (κ1) is 27.1. The van der Waals surface area contributed by atoms with E-state index < -0.39 is 22.0 Å². The number of carbonyl (C=O) groups excluding carboxylic acids is 2. The first-order valence-electron chi connectivity index (χ1n) is 11.8. The monoisotopic (exact) mass is 548 g/mol. The molecule has 1 atom stereocenters. The number of nitrogen functional groups attached to an aromatic ring is 1. The number of hydrogen-bond donors (Lipinski definition) is 4. The normalized spacial score (nSPS) is 12.0. The number of nitrogens with two attached hydrogens (primary N) is 1. The van der Waals surface area contributed by atoms with Crippen molar-refractivity contribution in [3.63, 3.8) is 0 Å². The highest BCUT2D eigenvalue weighted by molar-refractivity contribution is 7.88. The smallest absolute Gasteiger partial charge is 0.255 e. The predicted molar refractivity (Wildman–Crippen MR) is 152 cm³/mol. The second-order valence-electron chi connectivity index (χ2n) is 8.78. The summed E-state index contributed by atoms with van der Waals surface area (Å²) in [5.41, 5.74) is 9.99. The molecule has 0 radical (unpaired) electrons. The molecular weight excluding hydrogens is 520 g/mol. The number of hydrogen-bond acceptors (Lipinski definition) is 6. The highest BCUT2D eigenvalue weighted by Gasteiger charge is 2.22. The highest BCUT2D eigenvalue weighted by atomic mass is 32.2. The Kier molecular flexibility index (Phi) is 8.57. The fourth-order valence-electron chi connectivity index (χ4n) is 3.84. The van der Waals surface area contributed by atoms with Gasteiger partial charge in [0.1, 0.15) is 6.04 Å². The highest BCUT2D eigenvalue weighted by Crippen LogP contribution is 2.30. The third-order valence-electron chi connectivity index (χ3n) is 5.75. The predicted octanol–water partition coefficient (Wildman–Crippen LogP) is 4.03.